The Kier molecular flexibility index (Phi) is 8.89. The first kappa shape index (κ1) is 31.9. The normalized spacial score (nSPS) is 19.0. The van der Waals surface area contributed by atoms with E-state index in [2.05, 4.69) is 211 Å². The van der Waals surface area contributed by atoms with Crippen molar-refractivity contribution in [1.29, 1.82) is 0 Å². The first-order valence-electron chi connectivity index (χ1n) is 17.7. The second-order valence-corrected chi connectivity index (χ2v) is 13.0. The highest BCUT2D eigenvalue weighted by Gasteiger charge is 2.15. The molecule has 0 radical (unpaired) electrons. The van der Waals surface area contributed by atoms with Crippen molar-refractivity contribution in [3.63, 3.8) is 0 Å². The third kappa shape index (κ3) is 6.52. The van der Waals surface area contributed by atoms with E-state index in [0.29, 0.717) is 0 Å². The standard InChI is InChI=1S/C49H40N2/c1-36-16-7-3-4-8-21-40(27-26-37(2)50(36)45-23-15-22-42(34-45)39-19-11-6-12-20-39)43-30-33-49-47(35-43)46-24-13-14-25-48(46)51(49)44-31-28-41(29-32-44)38-17-9-5-10-18-38/h3-4,6-9,11-35H,1,5,10H2,2H3/b4-3-,16-7-,21-8+,37-26+,40-27+. The second-order valence-electron chi connectivity index (χ2n) is 13.0. The molecule has 0 saturated carbocycles. The quantitative estimate of drug-likeness (QED) is 0.179. The fourth-order valence-corrected chi connectivity index (χ4v) is 7.17. The highest BCUT2D eigenvalue weighted by molar-refractivity contribution is 6.10. The summed E-state index contributed by atoms with van der Waals surface area (Å²) in [5.41, 5.74) is 13.8. The summed E-state index contributed by atoms with van der Waals surface area (Å²) in [7, 11) is 0. The van der Waals surface area contributed by atoms with Gasteiger partial charge in [0.2, 0.25) is 0 Å². The van der Waals surface area contributed by atoms with Crippen molar-refractivity contribution in [3.8, 4) is 16.8 Å². The topological polar surface area (TPSA) is 8.17 Å². The van der Waals surface area contributed by atoms with E-state index in [1.165, 1.54) is 44.1 Å². The van der Waals surface area contributed by atoms with Crippen LogP contribution in [0.2, 0.25) is 0 Å². The molecule has 0 N–H and O–H groups in total. The monoisotopic (exact) mass is 656 g/mol. The Morgan fingerprint density at radius 3 is 2.08 bits per heavy atom. The highest BCUT2D eigenvalue weighted by atomic mass is 15.1. The van der Waals surface area contributed by atoms with Crippen LogP contribution in [0.25, 0.3) is 49.8 Å². The zero-order valence-electron chi connectivity index (χ0n) is 28.9. The van der Waals surface area contributed by atoms with Crippen LogP contribution in [0.3, 0.4) is 0 Å². The predicted octanol–water partition coefficient (Wildman–Crippen LogP) is 13.2. The van der Waals surface area contributed by atoms with Crippen molar-refractivity contribution in [2.75, 3.05) is 4.90 Å². The largest absolute Gasteiger partial charge is 0.315 e. The van der Waals surface area contributed by atoms with Gasteiger partial charge in [0.25, 0.3) is 0 Å². The van der Waals surface area contributed by atoms with Gasteiger partial charge in [0.1, 0.15) is 0 Å². The lowest BCUT2D eigenvalue weighted by atomic mass is 9.99. The number of fused-ring (bicyclic) bond motifs is 3. The number of rotatable bonds is 5. The summed E-state index contributed by atoms with van der Waals surface area (Å²) in [5.74, 6) is 0. The van der Waals surface area contributed by atoms with Gasteiger partial charge in [-0.05, 0) is 108 Å². The molecule has 51 heavy (non-hydrogen) atoms. The summed E-state index contributed by atoms with van der Waals surface area (Å²) in [4.78, 5) is 2.22. The zero-order valence-corrected chi connectivity index (χ0v) is 28.9. The Morgan fingerprint density at radius 2 is 1.25 bits per heavy atom. The van der Waals surface area contributed by atoms with Crippen LogP contribution in [-0.2, 0) is 0 Å². The van der Waals surface area contributed by atoms with Gasteiger partial charge in [-0.15, -0.1) is 0 Å². The maximum absolute atomic E-state index is 4.47. The van der Waals surface area contributed by atoms with E-state index < -0.39 is 0 Å². The molecule has 2 aliphatic rings. The summed E-state index contributed by atoms with van der Waals surface area (Å²) in [6.07, 6.45) is 26.0. The molecule has 2 heterocycles. The summed E-state index contributed by atoms with van der Waals surface area (Å²) in [6, 6.07) is 43.8. The Labute approximate surface area is 301 Å². The van der Waals surface area contributed by atoms with Gasteiger partial charge < -0.3 is 9.47 Å². The fourth-order valence-electron chi connectivity index (χ4n) is 7.17. The molecule has 8 rings (SSSR count). The second kappa shape index (κ2) is 14.2. The molecule has 0 fully saturated rings. The Hall–Kier alpha value is -6.38. The molecular formula is C49H40N2. The molecule has 0 amide bonds. The van der Waals surface area contributed by atoms with Gasteiger partial charge in [0.05, 0.1) is 11.0 Å². The molecule has 0 bridgehead atoms. The van der Waals surface area contributed by atoms with Crippen molar-refractivity contribution in [2.24, 2.45) is 0 Å². The molecule has 1 aromatic heterocycles. The van der Waals surface area contributed by atoms with Crippen LogP contribution in [0.4, 0.5) is 5.69 Å². The molecule has 5 aromatic carbocycles. The number of para-hydroxylation sites is 1. The molecule has 0 saturated heterocycles. The van der Waals surface area contributed by atoms with Crippen molar-refractivity contribution >= 4 is 38.6 Å². The fraction of sp³-hybridized carbons (Fsp3) is 0.0612. The average Bonchev–Trinajstić information content (AvgIpc) is 3.51. The minimum absolute atomic E-state index is 0.896. The van der Waals surface area contributed by atoms with Crippen LogP contribution >= 0.6 is 0 Å². The van der Waals surface area contributed by atoms with Gasteiger partial charge in [-0.25, -0.2) is 0 Å². The maximum Gasteiger partial charge on any atom is 0.0541 e. The van der Waals surface area contributed by atoms with Gasteiger partial charge in [0, 0.05) is 33.5 Å². The molecule has 246 valence electrons. The molecular weight excluding hydrogens is 617 g/mol. The number of aromatic nitrogens is 1. The number of nitrogens with zero attached hydrogens (tertiary/aromatic N) is 2. The molecule has 0 spiro atoms. The van der Waals surface area contributed by atoms with Crippen molar-refractivity contribution < 1.29 is 0 Å². The van der Waals surface area contributed by atoms with Crippen LogP contribution in [0, 0.1) is 0 Å². The average molecular weight is 657 g/mol. The van der Waals surface area contributed by atoms with E-state index in [9.17, 15) is 0 Å². The summed E-state index contributed by atoms with van der Waals surface area (Å²) in [6.45, 7) is 6.62. The summed E-state index contributed by atoms with van der Waals surface area (Å²) in [5, 5.41) is 2.48. The number of anilines is 1. The third-order valence-corrected chi connectivity index (χ3v) is 9.71. The van der Waals surface area contributed by atoms with Crippen LogP contribution in [0.5, 0.6) is 0 Å². The third-order valence-electron chi connectivity index (χ3n) is 9.71. The van der Waals surface area contributed by atoms with Crippen molar-refractivity contribution in [2.45, 2.75) is 19.8 Å². The maximum atomic E-state index is 4.47. The number of allylic oxidation sites excluding steroid dienone is 14. The van der Waals surface area contributed by atoms with E-state index in [1.807, 2.05) is 0 Å². The van der Waals surface area contributed by atoms with Gasteiger partial charge in [-0.2, -0.15) is 0 Å². The minimum atomic E-state index is 0.896. The molecule has 1 aliphatic heterocycles. The molecule has 1 aliphatic carbocycles. The molecule has 6 aromatic rings. The SMILES string of the molecule is C=C1\C=C/C=C\C=C\C(c2ccc3c(c2)c2ccccc2n3-c2ccc(C3=CCCC=C3)cc2)=C/C=C(\C)N1c1cccc(-c2ccccc2)c1. The van der Waals surface area contributed by atoms with Crippen LogP contribution in [0.15, 0.2) is 206 Å². The molecule has 0 atom stereocenters. The van der Waals surface area contributed by atoms with Gasteiger partial charge in [-0.1, -0.05) is 140 Å². The summed E-state index contributed by atoms with van der Waals surface area (Å²) >= 11 is 0. The Bertz CT molecular complexity index is 2470. The van der Waals surface area contributed by atoms with Crippen molar-refractivity contribution in [1.82, 2.24) is 4.57 Å². The van der Waals surface area contributed by atoms with Gasteiger partial charge in [-0.3, -0.25) is 0 Å². The summed E-state index contributed by atoms with van der Waals surface area (Å²) < 4.78 is 2.39. The van der Waals surface area contributed by atoms with Gasteiger partial charge >= 0.3 is 0 Å². The number of hydrogen-bond donors (Lipinski definition) is 0. The minimum Gasteiger partial charge on any atom is -0.315 e. The highest BCUT2D eigenvalue weighted by Crippen LogP contribution is 2.35. The molecule has 2 heteroatoms. The Balaban J connectivity index is 1.20. The Morgan fingerprint density at radius 1 is 0.510 bits per heavy atom. The van der Waals surface area contributed by atoms with E-state index in [-0.39, 0.29) is 0 Å². The van der Waals surface area contributed by atoms with Gasteiger partial charge in [0.15, 0.2) is 0 Å². The molecule has 0 unspecified atom stereocenters. The van der Waals surface area contributed by atoms with Crippen molar-refractivity contribution in [3.05, 3.63) is 217 Å². The van der Waals surface area contributed by atoms with Crippen LogP contribution in [0.1, 0.15) is 30.9 Å². The smallest absolute Gasteiger partial charge is 0.0541 e. The van der Waals surface area contributed by atoms with Crippen LogP contribution in [-0.4, -0.2) is 4.57 Å². The lowest BCUT2D eigenvalue weighted by Crippen LogP contribution is -2.18. The zero-order chi connectivity index (χ0) is 34.6. The van der Waals surface area contributed by atoms with E-state index in [4.69, 9.17) is 0 Å². The predicted molar refractivity (Wildman–Crippen MR) is 220 cm³/mol. The van der Waals surface area contributed by atoms with E-state index in [0.717, 1.165) is 46.7 Å². The lowest BCUT2D eigenvalue weighted by Gasteiger charge is -2.26. The molecule has 2 nitrogen and oxygen atoms in total. The lowest BCUT2D eigenvalue weighted by molar-refractivity contribution is 1.04. The first-order valence-corrected chi connectivity index (χ1v) is 17.7. The number of hydrogen-bond acceptors (Lipinski definition) is 1. The van der Waals surface area contributed by atoms with Crippen LogP contribution < -0.4 is 4.90 Å². The van der Waals surface area contributed by atoms with E-state index in [1.54, 1.807) is 0 Å². The van der Waals surface area contributed by atoms with E-state index >= 15 is 0 Å². The first-order chi connectivity index (χ1) is 25.1. The number of benzene rings is 5.